The van der Waals surface area contributed by atoms with Crippen LogP contribution >= 0.6 is 0 Å². The fourth-order valence-corrected chi connectivity index (χ4v) is 1.42. The molecule has 1 aromatic carbocycles. The van der Waals surface area contributed by atoms with Crippen molar-refractivity contribution in [3.05, 3.63) is 29.6 Å². The molecule has 0 aliphatic heterocycles. The Labute approximate surface area is 109 Å². The van der Waals surface area contributed by atoms with E-state index in [9.17, 15) is 19.1 Å². The normalized spacial score (nSPS) is 13.5. The number of carbonyl (C=O) groups excluding carboxylic acids is 2. The second-order valence-corrected chi connectivity index (χ2v) is 3.97. The molecular formula is C12H15FN2O4. The Hall–Kier alpha value is -2.15. The number of carbonyl (C=O) groups is 2. The van der Waals surface area contributed by atoms with Gasteiger partial charge >= 0.3 is 6.03 Å². The van der Waals surface area contributed by atoms with E-state index in [1.165, 1.54) is 26.0 Å². The number of amides is 3. The first-order valence-corrected chi connectivity index (χ1v) is 5.55. The molecule has 104 valence electrons. The summed E-state index contributed by atoms with van der Waals surface area (Å²) in [5.41, 5.74) is 5.13. The Morgan fingerprint density at radius 2 is 2.05 bits per heavy atom. The molecule has 7 heteroatoms. The Balaban J connectivity index is 2.89. The number of benzene rings is 1. The third-order valence-corrected chi connectivity index (χ3v) is 2.35. The molecule has 0 saturated carbocycles. The number of nitrogens with one attached hydrogen (secondary N) is 1. The highest BCUT2D eigenvalue weighted by atomic mass is 19.1. The van der Waals surface area contributed by atoms with E-state index >= 15 is 0 Å². The Kier molecular flexibility index (Phi) is 4.82. The van der Waals surface area contributed by atoms with Gasteiger partial charge in [-0.1, -0.05) is 0 Å². The highest BCUT2D eigenvalue weighted by Gasteiger charge is 2.19. The lowest BCUT2D eigenvalue weighted by Crippen LogP contribution is -2.42. The molecule has 4 N–H and O–H groups in total. The summed E-state index contributed by atoms with van der Waals surface area (Å²) in [5, 5.41) is 11.4. The molecule has 0 radical (unpaired) electrons. The molecule has 0 aliphatic rings. The van der Waals surface area contributed by atoms with Crippen LogP contribution in [0.4, 0.5) is 9.18 Å². The van der Waals surface area contributed by atoms with E-state index in [1.807, 2.05) is 5.32 Å². The number of aliphatic hydroxyl groups is 1. The first kappa shape index (κ1) is 14.9. The van der Waals surface area contributed by atoms with Gasteiger partial charge in [-0.3, -0.25) is 10.1 Å². The Morgan fingerprint density at radius 3 is 2.58 bits per heavy atom. The van der Waals surface area contributed by atoms with Crippen LogP contribution in [0.15, 0.2) is 18.2 Å². The van der Waals surface area contributed by atoms with Gasteiger partial charge in [-0.25, -0.2) is 9.18 Å². The summed E-state index contributed by atoms with van der Waals surface area (Å²) in [4.78, 5) is 22.0. The molecule has 0 bridgehead atoms. The standard InChI is InChI=1S/C12H15FN2O4/c1-6(16)9-4-3-8(13)5-10(9)19-7(2)11(17)15-12(14)18/h3-7,16H,1-2H3,(H3,14,15,17,18). The van der Waals surface area contributed by atoms with E-state index in [0.29, 0.717) is 5.56 Å². The Morgan fingerprint density at radius 1 is 1.42 bits per heavy atom. The molecule has 0 aliphatic carbocycles. The zero-order chi connectivity index (χ0) is 14.6. The summed E-state index contributed by atoms with van der Waals surface area (Å²) >= 11 is 0. The molecule has 6 nitrogen and oxygen atoms in total. The number of hydrogen-bond acceptors (Lipinski definition) is 4. The van der Waals surface area contributed by atoms with Gasteiger partial charge in [-0.2, -0.15) is 0 Å². The van der Waals surface area contributed by atoms with Crippen LogP contribution in [0.2, 0.25) is 0 Å². The van der Waals surface area contributed by atoms with Gasteiger partial charge in [0.1, 0.15) is 11.6 Å². The SMILES string of the molecule is CC(Oc1cc(F)ccc1C(C)O)C(=O)NC(N)=O. The average molecular weight is 270 g/mol. The molecule has 19 heavy (non-hydrogen) atoms. The van der Waals surface area contributed by atoms with Crippen molar-refractivity contribution in [2.45, 2.75) is 26.1 Å². The quantitative estimate of drug-likeness (QED) is 0.754. The summed E-state index contributed by atoms with van der Waals surface area (Å²) in [5.74, 6) is -1.29. The van der Waals surface area contributed by atoms with Crippen molar-refractivity contribution in [3.63, 3.8) is 0 Å². The van der Waals surface area contributed by atoms with Crippen molar-refractivity contribution in [1.29, 1.82) is 0 Å². The fraction of sp³-hybridized carbons (Fsp3) is 0.333. The minimum Gasteiger partial charge on any atom is -0.480 e. The number of halogens is 1. The molecule has 1 rings (SSSR count). The first-order valence-electron chi connectivity index (χ1n) is 5.55. The van der Waals surface area contributed by atoms with Crippen LogP contribution in [0, 0.1) is 5.82 Å². The van der Waals surface area contributed by atoms with Crippen molar-refractivity contribution in [3.8, 4) is 5.75 Å². The van der Waals surface area contributed by atoms with Crippen LogP contribution in [0.3, 0.4) is 0 Å². The van der Waals surface area contributed by atoms with Crippen molar-refractivity contribution < 1.29 is 23.8 Å². The van der Waals surface area contributed by atoms with Gasteiger partial charge in [0.2, 0.25) is 0 Å². The van der Waals surface area contributed by atoms with Crippen LogP contribution in [-0.4, -0.2) is 23.1 Å². The van der Waals surface area contributed by atoms with E-state index in [1.54, 1.807) is 0 Å². The predicted molar refractivity (Wildman–Crippen MR) is 64.8 cm³/mol. The first-order chi connectivity index (χ1) is 8.81. The van der Waals surface area contributed by atoms with Gasteiger partial charge in [0.05, 0.1) is 6.10 Å². The molecule has 0 spiro atoms. The zero-order valence-corrected chi connectivity index (χ0v) is 10.5. The molecule has 0 fully saturated rings. The highest BCUT2D eigenvalue weighted by molar-refractivity contribution is 5.95. The summed E-state index contributed by atoms with van der Waals surface area (Å²) in [7, 11) is 0. The molecule has 2 unspecified atom stereocenters. The summed E-state index contributed by atoms with van der Waals surface area (Å²) in [6, 6.07) is 2.57. The number of hydrogen-bond donors (Lipinski definition) is 3. The maximum atomic E-state index is 13.1. The van der Waals surface area contributed by atoms with Crippen molar-refractivity contribution in [2.24, 2.45) is 5.73 Å². The number of ether oxygens (including phenoxy) is 1. The maximum Gasteiger partial charge on any atom is 0.318 e. The van der Waals surface area contributed by atoms with Crippen molar-refractivity contribution >= 4 is 11.9 Å². The molecule has 0 aromatic heterocycles. The third-order valence-electron chi connectivity index (χ3n) is 2.35. The minimum absolute atomic E-state index is 0.0297. The van der Waals surface area contributed by atoms with Crippen LogP contribution in [0.5, 0.6) is 5.75 Å². The maximum absolute atomic E-state index is 13.1. The minimum atomic E-state index is -1.06. The third kappa shape index (κ3) is 4.22. The summed E-state index contributed by atoms with van der Waals surface area (Å²) < 4.78 is 18.4. The lowest BCUT2D eigenvalue weighted by molar-refractivity contribution is -0.126. The number of primary amides is 1. The van der Waals surface area contributed by atoms with Gasteiger partial charge < -0.3 is 15.6 Å². The van der Waals surface area contributed by atoms with E-state index < -0.39 is 30.0 Å². The van der Waals surface area contributed by atoms with Crippen LogP contribution in [0.25, 0.3) is 0 Å². The number of aliphatic hydroxyl groups excluding tert-OH is 1. The molecule has 1 aromatic rings. The van der Waals surface area contributed by atoms with Gasteiger partial charge in [0, 0.05) is 11.6 Å². The number of rotatable bonds is 4. The molecular weight excluding hydrogens is 255 g/mol. The predicted octanol–water partition coefficient (Wildman–Crippen LogP) is 0.841. The average Bonchev–Trinajstić information content (AvgIpc) is 2.27. The summed E-state index contributed by atoms with van der Waals surface area (Å²) in [6.45, 7) is 2.85. The van der Waals surface area contributed by atoms with Crippen LogP contribution in [-0.2, 0) is 4.79 Å². The van der Waals surface area contributed by atoms with Crippen molar-refractivity contribution in [2.75, 3.05) is 0 Å². The van der Waals surface area contributed by atoms with Gasteiger partial charge in [-0.05, 0) is 26.0 Å². The van der Waals surface area contributed by atoms with Crippen molar-refractivity contribution in [1.82, 2.24) is 5.32 Å². The molecule has 3 amide bonds. The van der Waals surface area contributed by atoms with E-state index in [0.717, 1.165) is 6.07 Å². The molecule has 0 saturated heterocycles. The number of urea groups is 1. The highest BCUT2D eigenvalue weighted by Crippen LogP contribution is 2.26. The van der Waals surface area contributed by atoms with Crippen LogP contribution in [0.1, 0.15) is 25.5 Å². The molecule has 0 heterocycles. The van der Waals surface area contributed by atoms with Crippen LogP contribution < -0.4 is 15.8 Å². The number of imide groups is 1. The van der Waals surface area contributed by atoms with Gasteiger partial charge in [-0.15, -0.1) is 0 Å². The summed E-state index contributed by atoms with van der Waals surface area (Å²) in [6.07, 6.45) is -1.95. The van der Waals surface area contributed by atoms with Gasteiger partial charge in [0.25, 0.3) is 5.91 Å². The van der Waals surface area contributed by atoms with E-state index in [-0.39, 0.29) is 5.75 Å². The molecule has 2 atom stereocenters. The second kappa shape index (κ2) is 6.14. The fourth-order valence-electron chi connectivity index (χ4n) is 1.42. The zero-order valence-electron chi connectivity index (χ0n) is 10.5. The Bertz CT molecular complexity index is 491. The smallest absolute Gasteiger partial charge is 0.318 e. The number of nitrogens with two attached hydrogens (primary N) is 1. The second-order valence-electron chi connectivity index (χ2n) is 3.97. The lowest BCUT2D eigenvalue weighted by atomic mass is 10.1. The van der Waals surface area contributed by atoms with Gasteiger partial charge in [0.15, 0.2) is 6.10 Å². The van der Waals surface area contributed by atoms with E-state index in [2.05, 4.69) is 0 Å². The largest absolute Gasteiger partial charge is 0.480 e. The topological polar surface area (TPSA) is 102 Å². The monoisotopic (exact) mass is 270 g/mol. The lowest BCUT2D eigenvalue weighted by Gasteiger charge is -2.17. The van der Waals surface area contributed by atoms with E-state index in [4.69, 9.17) is 10.5 Å².